The zero-order valence-corrected chi connectivity index (χ0v) is 22.1. The quantitative estimate of drug-likeness (QED) is 0.565. The molecule has 2 aromatic rings. The molecular weight excluding hydrogens is 509 g/mol. The summed E-state index contributed by atoms with van der Waals surface area (Å²) in [7, 11) is -4.36. The molecule has 0 radical (unpaired) electrons. The lowest BCUT2D eigenvalue weighted by Crippen LogP contribution is -2.51. The zero-order chi connectivity index (χ0) is 27.6. The molecule has 1 heterocycles. The summed E-state index contributed by atoms with van der Waals surface area (Å²) in [5.41, 5.74) is -0.769. The molecule has 1 aliphatic rings. The van der Waals surface area contributed by atoms with Crippen molar-refractivity contribution in [1.29, 1.82) is 0 Å². The molecule has 2 N–H and O–H groups in total. The molecule has 3 atom stereocenters. The number of nitrogens with zero attached hydrogens (tertiary/aromatic N) is 1. The number of rotatable bonds is 6. The van der Waals surface area contributed by atoms with Gasteiger partial charge < -0.3 is 15.2 Å². The van der Waals surface area contributed by atoms with Crippen LogP contribution in [0.5, 0.6) is 0 Å². The van der Waals surface area contributed by atoms with Crippen LogP contribution in [0, 0.1) is 5.92 Å². The standard InChI is InChI=1S/C26H33F3N2O5S/c1-17-12-19-10-11-20(26(27,28)29)14-23(19)37(34,35)31(15-17)16-22(32)21(13-18-8-6-5-7-9-18)30-24(33)36-25(2,3)4/h5-11,14,17,21-22,32H,12-13,15-16H2,1-4H3,(H,30,33)/t17-,21-,22+/m0/s1. The number of aliphatic hydroxyl groups is 1. The molecule has 1 aliphatic heterocycles. The number of benzene rings is 2. The monoisotopic (exact) mass is 542 g/mol. The highest BCUT2D eigenvalue weighted by atomic mass is 32.2. The number of alkyl halides is 3. The molecular formula is C26H33F3N2O5S. The van der Waals surface area contributed by atoms with Gasteiger partial charge in [-0.2, -0.15) is 17.5 Å². The van der Waals surface area contributed by atoms with Crippen LogP contribution in [-0.4, -0.2) is 54.8 Å². The highest BCUT2D eigenvalue weighted by molar-refractivity contribution is 7.89. The first-order valence-electron chi connectivity index (χ1n) is 12.0. The van der Waals surface area contributed by atoms with Gasteiger partial charge in [-0.1, -0.05) is 43.3 Å². The summed E-state index contributed by atoms with van der Waals surface area (Å²) < 4.78 is 73.4. The number of halogens is 3. The highest BCUT2D eigenvalue weighted by Gasteiger charge is 2.38. The number of alkyl carbamates (subject to hydrolysis) is 1. The third-order valence-electron chi connectivity index (χ3n) is 5.95. The lowest BCUT2D eigenvalue weighted by molar-refractivity contribution is -0.137. The van der Waals surface area contributed by atoms with Gasteiger partial charge in [0.15, 0.2) is 0 Å². The first-order chi connectivity index (χ1) is 17.1. The first kappa shape index (κ1) is 28.9. The Morgan fingerprint density at radius 3 is 2.41 bits per heavy atom. The van der Waals surface area contributed by atoms with Crippen LogP contribution in [0.25, 0.3) is 0 Å². The molecule has 11 heteroatoms. The zero-order valence-electron chi connectivity index (χ0n) is 21.2. The number of fused-ring (bicyclic) bond motifs is 1. The molecule has 0 saturated carbocycles. The smallest absolute Gasteiger partial charge is 0.416 e. The van der Waals surface area contributed by atoms with Crippen molar-refractivity contribution in [3.8, 4) is 0 Å². The fourth-order valence-corrected chi connectivity index (χ4v) is 6.12. The molecule has 0 unspecified atom stereocenters. The molecule has 0 aromatic heterocycles. The number of carbonyl (C=O) groups is 1. The Hall–Kier alpha value is -2.63. The van der Waals surface area contributed by atoms with Crippen molar-refractivity contribution in [3.05, 3.63) is 65.2 Å². The van der Waals surface area contributed by atoms with Gasteiger partial charge in [0.25, 0.3) is 0 Å². The topological polar surface area (TPSA) is 95.9 Å². The van der Waals surface area contributed by atoms with E-state index < -0.39 is 57.0 Å². The van der Waals surface area contributed by atoms with Gasteiger partial charge in [0.2, 0.25) is 10.0 Å². The van der Waals surface area contributed by atoms with E-state index in [2.05, 4.69) is 5.32 Å². The van der Waals surface area contributed by atoms with E-state index >= 15 is 0 Å². The Bertz CT molecular complexity index is 1200. The molecule has 2 aromatic carbocycles. The van der Waals surface area contributed by atoms with Gasteiger partial charge in [-0.25, -0.2) is 13.2 Å². The maximum atomic E-state index is 13.5. The average molecular weight is 543 g/mol. The SMILES string of the molecule is C[C@H]1Cc2ccc(C(F)(F)F)cc2S(=O)(=O)N(C[C@@H](O)[C@H](Cc2ccccc2)NC(=O)OC(C)(C)C)C1. The van der Waals surface area contributed by atoms with E-state index in [1.807, 2.05) is 6.07 Å². The van der Waals surface area contributed by atoms with Crippen LogP contribution in [0.1, 0.15) is 44.4 Å². The predicted octanol–water partition coefficient (Wildman–Crippen LogP) is 4.39. The highest BCUT2D eigenvalue weighted by Crippen LogP contribution is 2.35. The summed E-state index contributed by atoms with van der Waals surface area (Å²) in [5, 5.41) is 13.8. The van der Waals surface area contributed by atoms with Crippen molar-refractivity contribution in [2.75, 3.05) is 13.1 Å². The van der Waals surface area contributed by atoms with E-state index in [-0.39, 0.29) is 25.3 Å². The first-order valence-corrected chi connectivity index (χ1v) is 13.4. The van der Waals surface area contributed by atoms with Gasteiger partial charge in [0.05, 0.1) is 22.6 Å². The normalized spacial score (nSPS) is 19.8. The summed E-state index contributed by atoms with van der Waals surface area (Å²) in [6, 6.07) is 10.8. The molecule has 0 spiro atoms. The van der Waals surface area contributed by atoms with Gasteiger partial charge in [-0.3, -0.25) is 0 Å². The van der Waals surface area contributed by atoms with Crippen LogP contribution in [-0.2, 0) is 33.8 Å². The van der Waals surface area contributed by atoms with Gasteiger partial charge in [0, 0.05) is 13.1 Å². The van der Waals surface area contributed by atoms with Gasteiger partial charge in [0.1, 0.15) is 5.60 Å². The van der Waals surface area contributed by atoms with E-state index in [9.17, 15) is 31.5 Å². The number of carbonyl (C=O) groups excluding carboxylic acids is 1. The Morgan fingerprint density at radius 2 is 1.81 bits per heavy atom. The number of ether oxygens (including phenoxy) is 1. The van der Waals surface area contributed by atoms with E-state index in [0.29, 0.717) is 11.6 Å². The van der Waals surface area contributed by atoms with E-state index in [4.69, 9.17) is 4.74 Å². The molecule has 7 nitrogen and oxygen atoms in total. The predicted molar refractivity (Wildman–Crippen MR) is 132 cm³/mol. The van der Waals surface area contributed by atoms with Crippen LogP contribution in [0.15, 0.2) is 53.4 Å². The van der Waals surface area contributed by atoms with Crippen molar-refractivity contribution in [2.45, 2.75) is 69.4 Å². The molecule has 204 valence electrons. The summed E-state index contributed by atoms with van der Waals surface area (Å²) in [5.74, 6) is -0.216. The third kappa shape index (κ3) is 7.68. The van der Waals surface area contributed by atoms with Gasteiger partial charge >= 0.3 is 12.3 Å². The largest absolute Gasteiger partial charge is 0.444 e. The second-order valence-electron chi connectivity index (χ2n) is 10.5. The van der Waals surface area contributed by atoms with Crippen LogP contribution in [0.4, 0.5) is 18.0 Å². The fraction of sp³-hybridized carbons (Fsp3) is 0.500. The molecule has 1 amide bonds. The lowest BCUT2D eigenvalue weighted by Gasteiger charge is -2.30. The lowest BCUT2D eigenvalue weighted by atomic mass is 9.99. The van der Waals surface area contributed by atoms with Crippen molar-refractivity contribution in [2.24, 2.45) is 5.92 Å². The Balaban J connectivity index is 1.91. The number of hydrogen-bond acceptors (Lipinski definition) is 5. The Labute approximate surface area is 215 Å². The van der Waals surface area contributed by atoms with Crippen molar-refractivity contribution in [1.82, 2.24) is 9.62 Å². The summed E-state index contributed by atoms with van der Waals surface area (Å²) in [4.78, 5) is 12.1. The maximum Gasteiger partial charge on any atom is 0.416 e. The summed E-state index contributed by atoms with van der Waals surface area (Å²) in [6.07, 6.45) is -6.41. The van der Waals surface area contributed by atoms with Gasteiger partial charge in [-0.15, -0.1) is 0 Å². The van der Waals surface area contributed by atoms with Crippen LogP contribution < -0.4 is 5.32 Å². The second kappa shape index (κ2) is 11.0. The molecule has 0 fully saturated rings. The van der Waals surface area contributed by atoms with E-state index in [1.54, 1.807) is 52.0 Å². The number of nitrogens with one attached hydrogen (secondary N) is 1. The third-order valence-corrected chi connectivity index (χ3v) is 7.87. The van der Waals surface area contributed by atoms with Crippen molar-refractivity contribution in [3.63, 3.8) is 0 Å². The average Bonchev–Trinajstić information content (AvgIpc) is 2.85. The molecule has 0 bridgehead atoms. The van der Waals surface area contributed by atoms with Crippen molar-refractivity contribution >= 4 is 16.1 Å². The number of β-amino-alcohol motifs (C(OH)–C–C–N with tert-alkyl or cyclic N) is 1. The van der Waals surface area contributed by atoms with E-state index in [0.717, 1.165) is 15.9 Å². The number of hydrogen-bond donors (Lipinski definition) is 2. The van der Waals surface area contributed by atoms with Gasteiger partial charge in [-0.05, 0) is 62.8 Å². The minimum atomic E-state index is -4.70. The summed E-state index contributed by atoms with van der Waals surface area (Å²) >= 11 is 0. The van der Waals surface area contributed by atoms with Crippen LogP contribution in [0.2, 0.25) is 0 Å². The van der Waals surface area contributed by atoms with Crippen LogP contribution >= 0.6 is 0 Å². The van der Waals surface area contributed by atoms with E-state index in [1.165, 1.54) is 6.07 Å². The molecule has 0 aliphatic carbocycles. The molecule has 37 heavy (non-hydrogen) atoms. The number of sulfonamides is 1. The van der Waals surface area contributed by atoms with Crippen LogP contribution in [0.3, 0.4) is 0 Å². The van der Waals surface area contributed by atoms with Crippen molar-refractivity contribution < 1.29 is 36.2 Å². The maximum absolute atomic E-state index is 13.5. The second-order valence-corrected chi connectivity index (χ2v) is 12.4. The number of amides is 1. The minimum absolute atomic E-state index is 0.0000803. The number of aliphatic hydroxyl groups excluding tert-OH is 1. The molecule has 0 saturated heterocycles. The Kier molecular flexibility index (Phi) is 8.60. The fourth-order valence-electron chi connectivity index (χ4n) is 4.28. The molecule has 3 rings (SSSR count). The summed E-state index contributed by atoms with van der Waals surface area (Å²) in [6.45, 7) is 6.44. The Morgan fingerprint density at radius 1 is 1.16 bits per heavy atom. The minimum Gasteiger partial charge on any atom is -0.444 e.